The van der Waals surface area contributed by atoms with Crippen molar-refractivity contribution in [1.29, 1.82) is 0 Å². The monoisotopic (exact) mass is 221 g/mol. The second-order valence-electron chi connectivity index (χ2n) is 4.78. The Labute approximate surface area is 98.7 Å². The fourth-order valence-electron chi connectivity index (χ4n) is 1.73. The highest BCUT2D eigenvalue weighted by atomic mass is 16.3. The zero-order valence-electron chi connectivity index (χ0n) is 10.7. The minimum atomic E-state index is -0.303. The Hall–Kier alpha value is -0.860. The lowest BCUT2D eigenvalue weighted by Gasteiger charge is -2.16. The van der Waals surface area contributed by atoms with Crippen molar-refractivity contribution in [3.8, 4) is 0 Å². The van der Waals surface area contributed by atoms with Crippen LogP contribution in [0.15, 0.2) is 18.2 Å². The molecule has 90 valence electrons. The Bertz CT molecular complexity index is 334. The first-order valence-electron chi connectivity index (χ1n) is 5.97. The van der Waals surface area contributed by atoms with Gasteiger partial charge in [0.2, 0.25) is 0 Å². The van der Waals surface area contributed by atoms with E-state index in [9.17, 15) is 5.11 Å². The van der Waals surface area contributed by atoms with Gasteiger partial charge in [-0.15, -0.1) is 0 Å². The maximum Gasteiger partial charge on any atom is 0.0705 e. The molecule has 1 atom stereocenters. The Kier molecular flexibility index (Phi) is 4.97. The van der Waals surface area contributed by atoms with E-state index in [1.165, 1.54) is 16.7 Å². The lowest BCUT2D eigenvalue weighted by molar-refractivity contribution is 0.168. The lowest BCUT2D eigenvalue weighted by Crippen LogP contribution is -2.33. The molecule has 0 aliphatic rings. The van der Waals surface area contributed by atoms with Gasteiger partial charge in [0.1, 0.15) is 0 Å². The lowest BCUT2D eigenvalue weighted by atomic mass is 9.98. The average Bonchev–Trinajstić information content (AvgIpc) is 2.22. The highest BCUT2D eigenvalue weighted by Crippen LogP contribution is 2.14. The number of aliphatic hydroxyl groups is 1. The molecule has 2 nitrogen and oxygen atoms in total. The molecule has 0 saturated carbocycles. The third kappa shape index (κ3) is 3.95. The average molecular weight is 221 g/mol. The molecule has 0 bridgehead atoms. The standard InChI is InChI=1S/C14H23NO/c1-10(2)15-9-14(16)8-13-7-5-6-11(3)12(13)4/h5-7,10,14-16H,8-9H2,1-4H3. The maximum absolute atomic E-state index is 9.90. The van der Waals surface area contributed by atoms with Gasteiger partial charge in [-0.25, -0.2) is 0 Å². The third-order valence-electron chi connectivity index (χ3n) is 2.93. The van der Waals surface area contributed by atoms with Crippen molar-refractivity contribution >= 4 is 0 Å². The topological polar surface area (TPSA) is 32.3 Å². The predicted octanol–water partition coefficient (Wildman–Crippen LogP) is 2.20. The summed E-state index contributed by atoms with van der Waals surface area (Å²) >= 11 is 0. The van der Waals surface area contributed by atoms with Gasteiger partial charge in [0.25, 0.3) is 0 Å². The molecule has 0 aromatic heterocycles. The summed E-state index contributed by atoms with van der Waals surface area (Å²) in [5.74, 6) is 0. The minimum absolute atomic E-state index is 0.303. The normalized spacial score (nSPS) is 13.1. The van der Waals surface area contributed by atoms with Crippen molar-refractivity contribution in [2.75, 3.05) is 6.54 Å². The van der Waals surface area contributed by atoms with E-state index in [0.29, 0.717) is 12.6 Å². The van der Waals surface area contributed by atoms with Crippen LogP contribution in [0.25, 0.3) is 0 Å². The molecule has 0 aliphatic heterocycles. The van der Waals surface area contributed by atoms with E-state index in [0.717, 1.165) is 6.42 Å². The second kappa shape index (κ2) is 6.02. The Balaban J connectivity index is 2.56. The largest absolute Gasteiger partial charge is 0.391 e. The minimum Gasteiger partial charge on any atom is -0.391 e. The van der Waals surface area contributed by atoms with Crippen molar-refractivity contribution in [2.24, 2.45) is 0 Å². The molecule has 1 unspecified atom stereocenters. The number of nitrogens with one attached hydrogen (secondary N) is 1. The summed E-state index contributed by atoms with van der Waals surface area (Å²) in [7, 11) is 0. The molecule has 1 aromatic carbocycles. The molecular weight excluding hydrogens is 198 g/mol. The number of hydrogen-bond donors (Lipinski definition) is 2. The Morgan fingerprint density at radius 3 is 2.56 bits per heavy atom. The first-order chi connectivity index (χ1) is 7.50. The molecule has 2 N–H and O–H groups in total. The summed E-state index contributed by atoms with van der Waals surface area (Å²) in [6.45, 7) is 9.06. The zero-order valence-corrected chi connectivity index (χ0v) is 10.7. The maximum atomic E-state index is 9.90. The summed E-state index contributed by atoms with van der Waals surface area (Å²) in [6, 6.07) is 6.69. The smallest absolute Gasteiger partial charge is 0.0705 e. The van der Waals surface area contributed by atoms with Gasteiger partial charge >= 0.3 is 0 Å². The first kappa shape index (κ1) is 13.2. The Morgan fingerprint density at radius 1 is 1.25 bits per heavy atom. The van der Waals surface area contributed by atoms with Gasteiger partial charge in [-0.3, -0.25) is 0 Å². The van der Waals surface area contributed by atoms with Crippen molar-refractivity contribution in [3.05, 3.63) is 34.9 Å². The predicted molar refractivity (Wildman–Crippen MR) is 68.8 cm³/mol. The van der Waals surface area contributed by atoms with E-state index < -0.39 is 0 Å². The molecule has 0 saturated heterocycles. The summed E-state index contributed by atoms with van der Waals surface area (Å²) in [5.41, 5.74) is 3.84. The SMILES string of the molecule is Cc1cccc(CC(O)CNC(C)C)c1C. The van der Waals surface area contributed by atoms with E-state index in [2.05, 4.69) is 51.2 Å². The third-order valence-corrected chi connectivity index (χ3v) is 2.93. The highest BCUT2D eigenvalue weighted by Gasteiger charge is 2.08. The van der Waals surface area contributed by atoms with Gasteiger partial charge < -0.3 is 10.4 Å². The van der Waals surface area contributed by atoms with Crippen LogP contribution in [-0.2, 0) is 6.42 Å². The van der Waals surface area contributed by atoms with E-state index in [1.54, 1.807) is 0 Å². The fourth-order valence-corrected chi connectivity index (χ4v) is 1.73. The molecule has 2 heteroatoms. The molecule has 0 amide bonds. The molecule has 0 radical (unpaired) electrons. The zero-order chi connectivity index (χ0) is 12.1. The van der Waals surface area contributed by atoms with Crippen LogP contribution >= 0.6 is 0 Å². The summed E-state index contributed by atoms with van der Waals surface area (Å²) in [6.07, 6.45) is 0.427. The fraction of sp³-hybridized carbons (Fsp3) is 0.571. The molecule has 1 aromatic rings. The van der Waals surface area contributed by atoms with Crippen molar-refractivity contribution < 1.29 is 5.11 Å². The van der Waals surface area contributed by atoms with Gasteiger partial charge in [-0.2, -0.15) is 0 Å². The molecule has 0 spiro atoms. The number of hydrogen-bond acceptors (Lipinski definition) is 2. The van der Waals surface area contributed by atoms with Crippen LogP contribution in [0.5, 0.6) is 0 Å². The van der Waals surface area contributed by atoms with Crippen LogP contribution in [-0.4, -0.2) is 23.8 Å². The van der Waals surface area contributed by atoms with Gasteiger partial charge in [-0.05, 0) is 37.0 Å². The summed E-state index contributed by atoms with van der Waals surface area (Å²) in [4.78, 5) is 0. The van der Waals surface area contributed by atoms with Crippen molar-refractivity contribution in [1.82, 2.24) is 5.32 Å². The summed E-state index contributed by atoms with van der Waals surface area (Å²) < 4.78 is 0. The van der Waals surface area contributed by atoms with Crippen LogP contribution in [0, 0.1) is 13.8 Å². The highest BCUT2D eigenvalue weighted by molar-refractivity contribution is 5.33. The first-order valence-corrected chi connectivity index (χ1v) is 5.97. The molecule has 0 heterocycles. The molecule has 1 rings (SSSR count). The number of aliphatic hydroxyl groups excluding tert-OH is 1. The van der Waals surface area contributed by atoms with E-state index >= 15 is 0 Å². The van der Waals surface area contributed by atoms with Gasteiger partial charge in [0, 0.05) is 12.6 Å². The van der Waals surface area contributed by atoms with Crippen LogP contribution in [0.1, 0.15) is 30.5 Å². The quantitative estimate of drug-likeness (QED) is 0.799. The van der Waals surface area contributed by atoms with E-state index in [4.69, 9.17) is 0 Å². The number of aryl methyl sites for hydroxylation is 1. The van der Waals surface area contributed by atoms with Crippen molar-refractivity contribution in [2.45, 2.75) is 46.3 Å². The summed E-state index contributed by atoms with van der Waals surface area (Å²) in [5, 5.41) is 13.2. The van der Waals surface area contributed by atoms with Crippen LogP contribution in [0.3, 0.4) is 0 Å². The molecule has 16 heavy (non-hydrogen) atoms. The van der Waals surface area contributed by atoms with Crippen LogP contribution in [0.4, 0.5) is 0 Å². The number of rotatable bonds is 5. The second-order valence-corrected chi connectivity index (χ2v) is 4.78. The van der Waals surface area contributed by atoms with Gasteiger partial charge in [0.15, 0.2) is 0 Å². The van der Waals surface area contributed by atoms with E-state index in [-0.39, 0.29) is 6.10 Å². The molecule has 0 fully saturated rings. The molecule has 0 aliphatic carbocycles. The van der Waals surface area contributed by atoms with Gasteiger partial charge in [0.05, 0.1) is 6.10 Å². The molecular formula is C14H23NO. The van der Waals surface area contributed by atoms with Gasteiger partial charge in [-0.1, -0.05) is 32.0 Å². The van der Waals surface area contributed by atoms with Crippen LogP contribution < -0.4 is 5.32 Å². The van der Waals surface area contributed by atoms with Crippen molar-refractivity contribution in [3.63, 3.8) is 0 Å². The Morgan fingerprint density at radius 2 is 1.94 bits per heavy atom. The number of benzene rings is 1. The van der Waals surface area contributed by atoms with Crippen LogP contribution in [0.2, 0.25) is 0 Å². The van der Waals surface area contributed by atoms with E-state index in [1.807, 2.05) is 0 Å².